The van der Waals surface area contributed by atoms with Gasteiger partial charge in [0.1, 0.15) is 5.82 Å². The Morgan fingerprint density at radius 2 is 1.72 bits per heavy atom. The molecule has 0 radical (unpaired) electrons. The maximum absolute atomic E-state index is 13.1. The number of halogens is 1. The van der Waals surface area contributed by atoms with E-state index in [-0.39, 0.29) is 9.79 Å². The van der Waals surface area contributed by atoms with Crippen molar-refractivity contribution in [1.29, 1.82) is 0 Å². The highest BCUT2D eigenvalue weighted by atomic mass is 32.2. The van der Waals surface area contributed by atoms with Crippen LogP contribution < -0.4 is 10.2 Å². The zero-order chi connectivity index (χ0) is 17.6. The first-order valence-corrected chi connectivity index (χ1v) is 10.0. The number of sulfone groups is 1. The van der Waals surface area contributed by atoms with Crippen molar-refractivity contribution in [1.82, 2.24) is 5.32 Å². The molecular weight excluding hydrogens is 339 g/mol. The van der Waals surface area contributed by atoms with Crippen molar-refractivity contribution >= 4 is 15.5 Å². The van der Waals surface area contributed by atoms with Crippen LogP contribution in [0.1, 0.15) is 24.3 Å². The van der Waals surface area contributed by atoms with Crippen molar-refractivity contribution in [3.8, 4) is 0 Å². The third-order valence-corrected chi connectivity index (χ3v) is 7.19. The number of nitrogens with one attached hydrogen (secondary N) is 1. The lowest BCUT2D eigenvalue weighted by molar-refractivity contribution is 0.531. The van der Waals surface area contributed by atoms with Crippen LogP contribution in [0.2, 0.25) is 0 Å². The molecule has 1 saturated heterocycles. The molecule has 6 heteroatoms. The summed E-state index contributed by atoms with van der Waals surface area (Å²) in [5, 5.41) is 3.42. The van der Waals surface area contributed by atoms with Gasteiger partial charge < -0.3 is 10.2 Å². The molecule has 2 atom stereocenters. The van der Waals surface area contributed by atoms with E-state index in [1.54, 1.807) is 6.07 Å². The molecule has 1 N–H and O–H groups in total. The Bertz CT molecular complexity index is 896. The molecule has 2 aliphatic heterocycles. The van der Waals surface area contributed by atoms with E-state index in [9.17, 15) is 12.8 Å². The van der Waals surface area contributed by atoms with Crippen molar-refractivity contribution in [2.45, 2.75) is 34.6 Å². The number of hydrogen-bond acceptors (Lipinski definition) is 4. The summed E-state index contributed by atoms with van der Waals surface area (Å²) >= 11 is 0. The Hall–Kier alpha value is -1.92. The normalized spacial score (nSPS) is 23.0. The molecule has 0 saturated carbocycles. The molecule has 4 rings (SSSR count). The third-order valence-electron chi connectivity index (χ3n) is 5.42. The van der Waals surface area contributed by atoms with Gasteiger partial charge in [-0.2, -0.15) is 0 Å². The lowest BCUT2D eigenvalue weighted by Gasteiger charge is -2.24. The average molecular weight is 360 g/mol. The molecule has 0 spiro atoms. The molecule has 2 aromatic rings. The standard InChI is InChI=1S/C19H21FN2O2S/c1-22-18-7-6-15(25(23,24)14-4-2-13(20)3-5-14)12-17(18)16-8-10-21-11-9-19(16)22/h2-7,12,16,19,21H,8-11H2,1H3/t16-,19?/m0/s1. The predicted octanol–water partition coefficient (Wildman–Crippen LogP) is 2.94. The van der Waals surface area contributed by atoms with Crippen molar-refractivity contribution in [2.75, 3.05) is 25.0 Å². The minimum absolute atomic E-state index is 0.124. The topological polar surface area (TPSA) is 49.4 Å². The van der Waals surface area contributed by atoms with Gasteiger partial charge >= 0.3 is 0 Å². The van der Waals surface area contributed by atoms with Crippen LogP contribution in [0, 0.1) is 5.82 Å². The van der Waals surface area contributed by atoms with Gasteiger partial charge in [0, 0.05) is 24.7 Å². The van der Waals surface area contributed by atoms with Gasteiger partial charge in [-0.05, 0) is 74.0 Å². The third kappa shape index (κ3) is 2.73. The Labute approximate surface area is 147 Å². The van der Waals surface area contributed by atoms with Gasteiger partial charge in [-0.3, -0.25) is 0 Å². The van der Waals surface area contributed by atoms with Gasteiger partial charge in [-0.15, -0.1) is 0 Å². The fraction of sp³-hybridized carbons (Fsp3) is 0.368. The van der Waals surface area contributed by atoms with Crippen LogP contribution in [0.15, 0.2) is 52.3 Å². The molecule has 0 aliphatic carbocycles. The summed E-state index contributed by atoms with van der Waals surface area (Å²) in [6.07, 6.45) is 2.05. The number of rotatable bonds is 2. The molecule has 132 valence electrons. The smallest absolute Gasteiger partial charge is 0.206 e. The lowest BCUT2D eigenvalue weighted by atomic mass is 9.91. The van der Waals surface area contributed by atoms with Gasteiger partial charge in [0.05, 0.1) is 9.79 Å². The van der Waals surface area contributed by atoms with Crippen LogP contribution in [-0.2, 0) is 9.84 Å². The SMILES string of the molecule is CN1c2ccc(S(=O)(=O)c3ccc(F)cc3)cc2[C@@H]2CCNCCC21. The minimum atomic E-state index is -3.64. The van der Waals surface area contributed by atoms with E-state index in [1.165, 1.54) is 24.3 Å². The number of nitrogens with zero attached hydrogens (tertiary/aromatic N) is 1. The van der Waals surface area contributed by atoms with Crippen molar-refractivity contribution in [2.24, 2.45) is 0 Å². The second kappa shape index (κ2) is 6.11. The minimum Gasteiger partial charge on any atom is -0.371 e. The highest BCUT2D eigenvalue weighted by Gasteiger charge is 2.37. The van der Waals surface area contributed by atoms with E-state index in [4.69, 9.17) is 0 Å². The second-order valence-electron chi connectivity index (χ2n) is 6.79. The molecule has 4 nitrogen and oxygen atoms in total. The lowest BCUT2D eigenvalue weighted by Crippen LogP contribution is -2.30. The van der Waals surface area contributed by atoms with Crippen molar-refractivity contribution < 1.29 is 12.8 Å². The Balaban J connectivity index is 1.77. The zero-order valence-corrected chi connectivity index (χ0v) is 14.9. The fourth-order valence-electron chi connectivity index (χ4n) is 4.10. The summed E-state index contributed by atoms with van der Waals surface area (Å²) in [6, 6.07) is 10.8. The summed E-state index contributed by atoms with van der Waals surface area (Å²) in [4.78, 5) is 2.68. The summed E-state index contributed by atoms with van der Waals surface area (Å²) in [5.74, 6) is -0.0957. The first kappa shape index (κ1) is 16.5. The van der Waals surface area contributed by atoms with Crippen LogP contribution in [0.5, 0.6) is 0 Å². The monoisotopic (exact) mass is 360 g/mol. The Kier molecular flexibility index (Phi) is 4.04. The highest BCUT2D eigenvalue weighted by molar-refractivity contribution is 7.91. The number of anilines is 1. The predicted molar refractivity (Wildman–Crippen MR) is 95.3 cm³/mol. The van der Waals surface area contributed by atoms with E-state index < -0.39 is 15.7 Å². The summed E-state index contributed by atoms with van der Waals surface area (Å²) in [7, 11) is -1.56. The first-order valence-electron chi connectivity index (χ1n) is 8.56. The quantitative estimate of drug-likeness (QED) is 0.837. The van der Waals surface area contributed by atoms with Gasteiger partial charge in [0.15, 0.2) is 0 Å². The van der Waals surface area contributed by atoms with E-state index in [0.717, 1.165) is 37.2 Å². The molecule has 0 amide bonds. The highest BCUT2D eigenvalue weighted by Crippen LogP contribution is 2.44. The van der Waals surface area contributed by atoms with Crippen LogP contribution in [0.4, 0.5) is 10.1 Å². The maximum atomic E-state index is 13.1. The summed E-state index contributed by atoms with van der Waals surface area (Å²) in [5.41, 5.74) is 2.23. The first-order chi connectivity index (χ1) is 12.0. The van der Waals surface area contributed by atoms with Crippen LogP contribution in [-0.4, -0.2) is 34.6 Å². The van der Waals surface area contributed by atoms with E-state index in [1.807, 2.05) is 12.1 Å². The number of benzene rings is 2. The van der Waals surface area contributed by atoms with E-state index in [0.29, 0.717) is 12.0 Å². The van der Waals surface area contributed by atoms with Crippen LogP contribution in [0.25, 0.3) is 0 Å². The number of hydrogen-bond donors (Lipinski definition) is 1. The van der Waals surface area contributed by atoms with Crippen LogP contribution in [0.3, 0.4) is 0 Å². The molecule has 2 heterocycles. The molecular formula is C19H21FN2O2S. The molecule has 1 fully saturated rings. The zero-order valence-electron chi connectivity index (χ0n) is 14.1. The van der Waals surface area contributed by atoms with Gasteiger partial charge in [0.2, 0.25) is 9.84 Å². The largest absolute Gasteiger partial charge is 0.371 e. The van der Waals surface area contributed by atoms with E-state index in [2.05, 4.69) is 17.3 Å². The molecule has 1 unspecified atom stereocenters. The summed E-state index contributed by atoms with van der Waals surface area (Å²) in [6.45, 7) is 1.93. The molecule has 0 bridgehead atoms. The molecule has 2 aromatic carbocycles. The number of fused-ring (bicyclic) bond motifs is 3. The Morgan fingerprint density at radius 3 is 2.48 bits per heavy atom. The van der Waals surface area contributed by atoms with Gasteiger partial charge in [-0.25, -0.2) is 12.8 Å². The average Bonchev–Trinajstić information content (AvgIpc) is 2.78. The molecule has 2 aliphatic rings. The maximum Gasteiger partial charge on any atom is 0.206 e. The Morgan fingerprint density at radius 1 is 1.04 bits per heavy atom. The fourth-order valence-corrected chi connectivity index (χ4v) is 5.39. The second-order valence-corrected chi connectivity index (χ2v) is 8.74. The molecule has 0 aromatic heterocycles. The summed E-state index contributed by atoms with van der Waals surface area (Å²) < 4.78 is 38.9. The van der Waals surface area contributed by atoms with Crippen molar-refractivity contribution in [3.05, 3.63) is 53.8 Å². The van der Waals surface area contributed by atoms with Gasteiger partial charge in [0.25, 0.3) is 0 Å². The van der Waals surface area contributed by atoms with Crippen LogP contribution >= 0.6 is 0 Å². The van der Waals surface area contributed by atoms with Crippen molar-refractivity contribution in [3.63, 3.8) is 0 Å². The number of likely N-dealkylation sites (N-methyl/N-ethyl adjacent to an activating group) is 1. The van der Waals surface area contributed by atoms with Gasteiger partial charge in [-0.1, -0.05) is 0 Å². The molecule has 25 heavy (non-hydrogen) atoms. The van der Waals surface area contributed by atoms with E-state index >= 15 is 0 Å².